The summed E-state index contributed by atoms with van der Waals surface area (Å²) in [6, 6.07) is 2.51. The van der Waals surface area contributed by atoms with Crippen molar-refractivity contribution < 1.29 is 13.9 Å². The molecule has 0 spiro atoms. The second kappa shape index (κ2) is 5.37. The zero-order valence-electron chi connectivity index (χ0n) is 8.68. The number of halogens is 3. The molecule has 0 bridgehead atoms. The van der Waals surface area contributed by atoms with Crippen molar-refractivity contribution in [3.8, 4) is 0 Å². The molecule has 1 amide bonds. The molecule has 1 aromatic rings. The highest BCUT2D eigenvalue weighted by Crippen LogP contribution is 2.27. The third-order valence-corrected chi connectivity index (χ3v) is 2.12. The minimum absolute atomic E-state index is 0.160. The van der Waals surface area contributed by atoms with Crippen LogP contribution < -0.4 is 5.32 Å². The van der Waals surface area contributed by atoms with Crippen LogP contribution in [0.3, 0.4) is 0 Å². The Kier molecular flexibility index (Phi) is 4.38. The minimum Gasteiger partial charge on any atom is -0.447 e. The van der Waals surface area contributed by atoms with Crippen molar-refractivity contribution in [1.82, 2.24) is 0 Å². The summed E-state index contributed by atoms with van der Waals surface area (Å²) < 4.78 is 17.9. The minimum atomic E-state index is -0.717. The molecule has 16 heavy (non-hydrogen) atoms. The van der Waals surface area contributed by atoms with Crippen LogP contribution >= 0.6 is 23.2 Å². The lowest BCUT2D eigenvalue weighted by Crippen LogP contribution is -2.18. The number of hydrogen-bond donors (Lipinski definition) is 1. The molecule has 0 heterocycles. The molecule has 0 aliphatic heterocycles. The Morgan fingerprint density at radius 2 is 1.88 bits per heavy atom. The quantitative estimate of drug-likeness (QED) is 0.818. The van der Waals surface area contributed by atoms with Crippen LogP contribution in [-0.2, 0) is 4.74 Å². The van der Waals surface area contributed by atoms with Crippen LogP contribution in [0.2, 0.25) is 10.0 Å². The number of ether oxygens (including phenoxy) is 1. The van der Waals surface area contributed by atoms with E-state index < -0.39 is 11.9 Å². The maximum Gasteiger partial charge on any atom is 0.411 e. The maximum atomic E-state index is 13.1. The predicted octanol–water partition coefficient (Wildman–Crippen LogP) is 4.09. The fourth-order valence-electron chi connectivity index (χ4n) is 0.989. The number of hydrogen-bond acceptors (Lipinski definition) is 2. The summed E-state index contributed by atoms with van der Waals surface area (Å²) in [6.07, 6.45) is -0.889. The van der Waals surface area contributed by atoms with Gasteiger partial charge in [0, 0.05) is 5.69 Å². The van der Waals surface area contributed by atoms with E-state index in [1.807, 2.05) is 0 Å². The summed E-state index contributed by atoms with van der Waals surface area (Å²) in [4.78, 5) is 11.2. The van der Waals surface area contributed by atoms with Crippen molar-refractivity contribution in [2.75, 3.05) is 5.32 Å². The maximum absolute atomic E-state index is 13.1. The smallest absolute Gasteiger partial charge is 0.411 e. The van der Waals surface area contributed by atoms with Gasteiger partial charge in [-0.25, -0.2) is 9.18 Å². The lowest BCUT2D eigenvalue weighted by atomic mass is 10.3. The highest BCUT2D eigenvalue weighted by Gasteiger charge is 2.10. The molecule has 0 atom stereocenters. The van der Waals surface area contributed by atoms with Crippen molar-refractivity contribution in [1.29, 1.82) is 0 Å². The van der Waals surface area contributed by atoms with E-state index in [0.717, 1.165) is 0 Å². The fraction of sp³-hybridized carbons (Fsp3) is 0.300. The van der Waals surface area contributed by atoms with E-state index in [2.05, 4.69) is 5.32 Å². The molecule has 3 nitrogen and oxygen atoms in total. The highest BCUT2D eigenvalue weighted by molar-refractivity contribution is 6.35. The SMILES string of the molecule is CC(C)OC(=O)Nc1cc(Cl)c(F)c(Cl)c1. The number of benzene rings is 1. The third kappa shape index (κ3) is 3.54. The summed E-state index contributed by atoms with van der Waals surface area (Å²) in [7, 11) is 0. The molecule has 0 saturated carbocycles. The molecule has 0 saturated heterocycles. The zero-order valence-corrected chi connectivity index (χ0v) is 10.2. The Morgan fingerprint density at radius 1 is 1.38 bits per heavy atom. The van der Waals surface area contributed by atoms with Crippen LogP contribution in [0.15, 0.2) is 12.1 Å². The van der Waals surface area contributed by atoms with E-state index in [4.69, 9.17) is 27.9 Å². The Morgan fingerprint density at radius 3 is 2.31 bits per heavy atom. The van der Waals surface area contributed by atoms with Gasteiger partial charge in [0.1, 0.15) is 0 Å². The molecule has 1 aromatic carbocycles. The molecule has 1 N–H and O–H groups in total. The largest absolute Gasteiger partial charge is 0.447 e. The molecular weight excluding hydrogens is 256 g/mol. The summed E-state index contributed by atoms with van der Waals surface area (Å²) in [5.74, 6) is -0.717. The number of amides is 1. The van der Waals surface area contributed by atoms with Gasteiger partial charge in [-0.1, -0.05) is 23.2 Å². The van der Waals surface area contributed by atoms with Crippen molar-refractivity contribution in [2.45, 2.75) is 20.0 Å². The highest BCUT2D eigenvalue weighted by atomic mass is 35.5. The predicted molar refractivity (Wildman–Crippen MR) is 61.7 cm³/mol. The molecule has 0 aromatic heterocycles. The first-order valence-electron chi connectivity index (χ1n) is 4.52. The average molecular weight is 266 g/mol. The van der Waals surface area contributed by atoms with E-state index in [-0.39, 0.29) is 21.8 Å². The van der Waals surface area contributed by atoms with Gasteiger partial charge in [0.25, 0.3) is 0 Å². The van der Waals surface area contributed by atoms with Crippen molar-refractivity contribution in [2.24, 2.45) is 0 Å². The number of carbonyl (C=O) groups is 1. The van der Waals surface area contributed by atoms with Gasteiger partial charge in [-0.3, -0.25) is 5.32 Å². The molecule has 0 aliphatic rings. The van der Waals surface area contributed by atoms with E-state index in [1.165, 1.54) is 12.1 Å². The van der Waals surface area contributed by atoms with Gasteiger partial charge in [0.05, 0.1) is 16.1 Å². The summed E-state index contributed by atoms with van der Waals surface area (Å²) >= 11 is 11.1. The van der Waals surface area contributed by atoms with Crippen molar-refractivity contribution in [3.05, 3.63) is 28.0 Å². The average Bonchev–Trinajstić information content (AvgIpc) is 2.12. The summed E-state index contributed by atoms with van der Waals surface area (Å²) in [5, 5.41) is 2.07. The molecule has 0 unspecified atom stereocenters. The molecule has 1 rings (SSSR count). The Bertz CT molecular complexity index is 387. The van der Waals surface area contributed by atoms with Crippen LogP contribution in [0, 0.1) is 5.82 Å². The second-order valence-corrected chi connectivity index (χ2v) is 4.15. The van der Waals surface area contributed by atoms with E-state index >= 15 is 0 Å². The topological polar surface area (TPSA) is 38.3 Å². The van der Waals surface area contributed by atoms with Gasteiger partial charge in [-0.05, 0) is 26.0 Å². The van der Waals surface area contributed by atoms with Crippen LogP contribution in [0.25, 0.3) is 0 Å². The van der Waals surface area contributed by atoms with Gasteiger partial charge in [-0.2, -0.15) is 0 Å². The molecule has 0 aliphatic carbocycles. The lowest BCUT2D eigenvalue weighted by Gasteiger charge is -2.10. The van der Waals surface area contributed by atoms with Crippen LogP contribution in [0.4, 0.5) is 14.9 Å². The first kappa shape index (κ1) is 13.1. The molecule has 6 heteroatoms. The normalized spacial score (nSPS) is 10.4. The van der Waals surface area contributed by atoms with Crippen molar-refractivity contribution >= 4 is 35.0 Å². The monoisotopic (exact) mass is 265 g/mol. The van der Waals surface area contributed by atoms with E-state index in [0.29, 0.717) is 0 Å². The second-order valence-electron chi connectivity index (χ2n) is 3.33. The molecule has 0 radical (unpaired) electrons. The molecule has 0 fully saturated rings. The first-order chi connectivity index (χ1) is 7.40. The molecular formula is C10H10Cl2FNO2. The van der Waals surface area contributed by atoms with E-state index in [1.54, 1.807) is 13.8 Å². The molecule has 88 valence electrons. The van der Waals surface area contributed by atoms with Crippen LogP contribution in [0.1, 0.15) is 13.8 Å². The van der Waals surface area contributed by atoms with Gasteiger partial charge in [0.2, 0.25) is 0 Å². The fourth-order valence-corrected chi connectivity index (χ4v) is 1.48. The van der Waals surface area contributed by atoms with Gasteiger partial charge < -0.3 is 4.74 Å². The standard InChI is InChI=1S/C10H10Cl2FNO2/c1-5(2)16-10(15)14-6-3-7(11)9(13)8(12)4-6/h3-5H,1-2H3,(H,14,15). The first-order valence-corrected chi connectivity index (χ1v) is 5.28. The zero-order chi connectivity index (χ0) is 12.3. The number of anilines is 1. The number of nitrogens with one attached hydrogen (secondary N) is 1. The Hall–Kier alpha value is -1.00. The van der Waals surface area contributed by atoms with Gasteiger partial charge in [-0.15, -0.1) is 0 Å². The van der Waals surface area contributed by atoms with Crippen molar-refractivity contribution in [3.63, 3.8) is 0 Å². The Balaban J connectivity index is 2.79. The van der Waals surface area contributed by atoms with E-state index in [9.17, 15) is 9.18 Å². The van der Waals surface area contributed by atoms with Crippen LogP contribution in [0.5, 0.6) is 0 Å². The number of rotatable bonds is 2. The lowest BCUT2D eigenvalue weighted by molar-refractivity contribution is 0.130. The van der Waals surface area contributed by atoms with Crippen LogP contribution in [-0.4, -0.2) is 12.2 Å². The van der Waals surface area contributed by atoms with Gasteiger partial charge in [0.15, 0.2) is 5.82 Å². The number of carbonyl (C=O) groups excluding carboxylic acids is 1. The van der Waals surface area contributed by atoms with Gasteiger partial charge >= 0.3 is 6.09 Å². The Labute approximate surface area is 102 Å². The summed E-state index contributed by atoms with van der Waals surface area (Å²) in [5.41, 5.74) is 0.280. The summed E-state index contributed by atoms with van der Waals surface area (Å²) in [6.45, 7) is 3.42. The third-order valence-electron chi connectivity index (χ3n) is 1.57.